The number of anilines is 1. The first-order chi connectivity index (χ1) is 7.09. The molecule has 0 saturated carbocycles. The molecule has 0 bridgehead atoms. The van der Waals surface area contributed by atoms with Crippen molar-refractivity contribution in [3.63, 3.8) is 0 Å². The predicted octanol–water partition coefficient (Wildman–Crippen LogP) is -0.0170. The fourth-order valence-electron chi connectivity index (χ4n) is 1.19. The summed E-state index contributed by atoms with van der Waals surface area (Å²) in [7, 11) is 1.46. The summed E-state index contributed by atoms with van der Waals surface area (Å²) in [6, 6.07) is 0. The quantitative estimate of drug-likeness (QED) is 0.568. The number of nitrogens with one attached hydrogen (secondary N) is 2. The summed E-state index contributed by atoms with van der Waals surface area (Å²) in [6.45, 7) is 4.00. The van der Waals surface area contributed by atoms with Crippen molar-refractivity contribution in [2.45, 2.75) is 20.1 Å². The number of carbonyl (C=O) groups excluding carboxylic acids is 1. The lowest BCUT2D eigenvalue weighted by atomic mass is 10.3. The first-order valence-electron chi connectivity index (χ1n) is 4.65. The van der Waals surface area contributed by atoms with Gasteiger partial charge >= 0.3 is 0 Å². The van der Waals surface area contributed by atoms with Crippen molar-refractivity contribution in [3.05, 3.63) is 11.8 Å². The molecule has 84 valence electrons. The Kier molecular flexibility index (Phi) is 3.25. The number of rotatable bonds is 0. The summed E-state index contributed by atoms with van der Waals surface area (Å²) >= 11 is 0. The summed E-state index contributed by atoms with van der Waals surface area (Å²) in [5, 5.41) is 5.05. The number of carbonyl (C=O) groups is 1. The molecule has 1 aliphatic heterocycles. The zero-order valence-electron chi connectivity index (χ0n) is 8.84. The number of fused-ring (bicyclic) bond motifs is 1. The van der Waals surface area contributed by atoms with Gasteiger partial charge in [0.2, 0.25) is 0 Å². The molecular weight excluding hydrogens is 201 g/mol. The molecule has 0 aromatic carbocycles. The molecule has 1 aromatic rings. The predicted molar refractivity (Wildman–Crippen MR) is 53.6 cm³/mol. The third kappa shape index (κ3) is 1.91. The van der Waals surface area contributed by atoms with Crippen LogP contribution in [0.5, 0.6) is 0 Å². The zero-order valence-corrected chi connectivity index (χ0v) is 8.84. The maximum Gasteiger partial charge on any atom is 0.291 e. The van der Waals surface area contributed by atoms with E-state index in [0.29, 0.717) is 5.82 Å². The normalized spacial score (nSPS) is 18.2. The van der Waals surface area contributed by atoms with Gasteiger partial charge < -0.3 is 10.6 Å². The smallest absolute Gasteiger partial charge is 0.291 e. The van der Waals surface area contributed by atoms with Gasteiger partial charge in [0, 0.05) is 7.05 Å². The molecule has 2 heterocycles. The molecular formula is C8H14FN5O. The second-order valence-corrected chi connectivity index (χ2v) is 2.73. The van der Waals surface area contributed by atoms with Crippen LogP contribution in [0.4, 0.5) is 10.2 Å². The minimum absolute atomic E-state index is 0.0294. The minimum atomic E-state index is -0.721. The summed E-state index contributed by atoms with van der Waals surface area (Å²) in [4.78, 5) is 14.6. The Bertz CT molecular complexity index is 375. The molecule has 6 nitrogen and oxygen atoms in total. The van der Waals surface area contributed by atoms with Gasteiger partial charge in [0.05, 0.1) is 0 Å². The largest absolute Gasteiger partial charge is 0.337 e. The van der Waals surface area contributed by atoms with Crippen molar-refractivity contribution in [2.24, 2.45) is 12.8 Å². The Morgan fingerprint density at radius 2 is 2.07 bits per heavy atom. The fourth-order valence-corrected chi connectivity index (χ4v) is 1.19. The zero-order chi connectivity index (χ0) is 11.6. The molecule has 0 saturated heterocycles. The first kappa shape index (κ1) is 11.4. The fraction of sp³-hybridized carbons (Fsp3) is 0.500. The highest BCUT2D eigenvalue weighted by molar-refractivity contribution is 5.98. The van der Waals surface area contributed by atoms with Crippen molar-refractivity contribution >= 4 is 11.7 Å². The van der Waals surface area contributed by atoms with Gasteiger partial charge in [-0.25, -0.2) is 0 Å². The van der Waals surface area contributed by atoms with Gasteiger partial charge in [0.1, 0.15) is 5.82 Å². The molecule has 1 atom stereocenters. The van der Waals surface area contributed by atoms with Gasteiger partial charge in [0.25, 0.3) is 12.0 Å². The standard InChI is InChI=1S/C6H8FN5O.C2H6/c1-12-3-2(9-5(12)7)4(13)11-6(8)10-3;1-2/h6,10H,8H2,1H3,(H,11,13);1-2H3. The Morgan fingerprint density at radius 3 is 2.67 bits per heavy atom. The molecule has 2 rings (SSSR count). The monoisotopic (exact) mass is 215 g/mol. The van der Waals surface area contributed by atoms with Crippen LogP contribution in [-0.4, -0.2) is 21.7 Å². The van der Waals surface area contributed by atoms with Crippen molar-refractivity contribution < 1.29 is 9.18 Å². The van der Waals surface area contributed by atoms with Crippen LogP contribution < -0.4 is 16.4 Å². The molecule has 4 N–H and O–H groups in total. The summed E-state index contributed by atoms with van der Waals surface area (Å²) < 4.78 is 14.0. The SMILES string of the molecule is CC.Cn1c(F)nc2c1NC(N)NC2=O. The lowest BCUT2D eigenvalue weighted by Gasteiger charge is -2.21. The van der Waals surface area contributed by atoms with Gasteiger partial charge in [-0.1, -0.05) is 13.8 Å². The molecule has 0 radical (unpaired) electrons. The third-order valence-corrected chi connectivity index (χ3v) is 1.83. The van der Waals surface area contributed by atoms with Crippen LogP contribution in [0.1, 0.15) is 24.3 Å². The van der Waals surface area contributed by atoms with E-state index in [0.717, 1.165) is 4.57 Å². The number of aromatic nitrogens is 2. The highest BCUT2D eigenvalue weighted by Crippen LogP contribution is 2.18. The van der Waals surface area contributed by atoms with Crippen LogP contribution in [0.25, 0.3) is 0 Å². The lowest BCUT2D eigenvalue weighted by Crippen LogP contribution is -2.51. The second-order valence-electron chi connectivity index (χ2n) is 2.73. The van der Waals surface area contributed by atoms with Crippen molar-refractivity contribution in [3.8, 4) is 0 Å². The Labute approximate surface area is 86.7 Å². The summed E-state index contributed by atoms with van der Waals surface area (Å²) in [5.41, 5.74) is 5.44. The van der Waals surface area contributed by atoms with E-state index < -0.39 is 18.3 Å². The second kappa shape index (κ2) is 4.26. The van der Waals surface area contributed by atoms with E-state index in [1.54, 1.807) is 0 Å². The van der Waals surface area contributed by atoms with Crippen LogP contribution in [-0.2, 0) is 7.05 Å². The number of hydrogen-bond donors (Lipinski definition) is 3. The lowest BCUT2D eigenvalue weighted by molar-refractivity contribution is 0.0931. The van der Waals surface area contributed by atoms with Crippen LogP contribution in [0.2, 0.25) is 0 Å². The minimum Gasteiger partial charge on any atom is -0.337 e. The Hall–Kier alpha value is -1.63. The number of imidazole rings is 1. The number of nitrogens with zero attached hydrogens (tertiary/aromatic N) is 2. The molecule has 0 aliphatic carbocycles. The molecule has 0 fully saturated rings. The van der Waals surface area contributed by atoms with Crippen molar-refractivity contribution in [1.29, 1.82) is 0 Å². The van der Waals surface area contributed by atoms with Crippen molar-refractivity contribution in [1.82, 2.24) is 14.9 Å². The maximum absolute atomic E-state index is 12.9. The molecule has 0 spiro atoms. The van der Waals surface area contributed by atoms with Gasteiger partial charge in [-0.15, -0.1) is 0 Å². The van der Waals surface area contributed by atoms with E-state index in [4.69, 9.17) is 5.73 Å². The van der Waals surface area contributed by atoms with E-state index in [9.17, 15) is 9.18 Å². The average molecular weight is 215 g/mol. The number of nitrogens with two attached hydrogens (primary N) is 1. The van der Waals surface area contributed by atoms with Gasteiger partial charge in [-0.05, 0) is 0 Å². The van der Waals surface area contributed by atoms with Crippen molar-refractivity contribution in [2.75, 3.05) is 5.32 Å². The molecule has 15 heavy (non-hydrogen) atoms. The molecule has 1 aliphatic rings. The maximum atomic E-state index is 12.9. The first-order valence-corrected chi connectivity index (χ1v) is 4.65. The van der Waals surface area contributed by atoms with E-state index in [-0.39, 0.29) is 5.69 Å². The number of amides is 1. The number of hydrogen-bond acceptors (Lipinski definition) is 4. The van der Waals surface area contributed by atoms with Crippen LogP contribution >= 0.6 is 0 Å². The summed E-state index contributed by atoms with van der Waals surface area (Å²) in [6.07, 6.45) is -1.42. The van der Waals surface area contributed by atoms with Crippen LogP contribution in [0.15, 0.2) is 0 Å². The van der Waals surface area contributed by atoms with E-state index >= 15 is 0 Å². The third-order valence-electron chi connectivity index (χ3n) is 1.83. The van der Waals surface area contributed by atoms with Crippen LogP contribution in [0.3, 0.4) is 0 Å². The van der Waals surface area contributed by atoms with Gasteiger partial charge in [-0.3, -0.25) is 15.1 Å². The van der Waals surface area contributed by atoms with Crippen LogP contribution in [0, 0.1) is 6.08 Å². The highest BCUT2D eigenvalue weighted by atomic mass is 19.1. The van der Waals surface area contributed by atoms with E-state index in [2.05, 4.69) is 15.6 Å². The molecule has 1 unspecified atom stereocenters. The molecule has 1 amide bonds. The van der Waals surface area contributed by atoms with E-state index in [1.165, 1.54) is 7.05 Å². The van der Waals surface area contributed by atoms with Gasteiger partial charge in [0.15, 0.2) is 12.0 Å². The number of halogens is 1. The Balaban J connectivity index is 0.000000531. The van der Waals surface area contributed by atoms with Gasteiger partial charge in [-0.2, -0.15) is 9.37 Å². The average Bonchev–Trinajstić information content (AvgIpc) is 2.49. The molecule has 7 heteroatoms. The Morgan fingerprint density at radius 1 is 1.47 bits per heavy atom. The molecule has 1 aromatic heterocycles. The van der Waals surface area contributed by atoms with E-state index in [1.807, 2.05) is 13.8 Å². The summed E-state index contributed by atoms with van der Waals surface area (Å²) in [5.74, 6) is -0.172. The highest BCUT2D eigenvalue weighted by Gasteiger charge is 2.27. The topological polar surface area (TPSA) is 85.0 Å².